The molecule has 1 rings (SSSR count). The SMILES string of the molecule is CON(C)C(=O)C(C)(C)C#Cc1ccccc1. The van der Waals surface area contributed by atoms with Crippen molar-refractivity contribution in [3.8, 4) is 11.8 Å². The van der Waals surface area contributed by atoms with Gasteiger partial charge in [0.05, 0.1) is 7.11 Å². The average molecular weight is 231 g/mol. The van der Waals surface area contributed by atoms with Crippen LogP contribution in [0, 0.1) is 17.3 Å². The average Bonchev–Trinajstić information content (AvgIpc) is 2.36. The van der Waals surface area contributed by atoms with Gasteiger partial charge >= 0.3 is 0 Å². The van der Waals surface area contributed by atoms with Crippen molar-refractivity contribution >= 4 is 5.91 Å². The summed E-state index contributed by atoms with van der Waals surface area (Å²) in [6, 6.07) is 9.58. The molecule has 0 heterocycles. The number of hydrogen-bond acceptors (Lipinski definition) is 2. The Hall–Kier alpha value is -1.79. The zero-order valence-electron chi connectivity index (χ0n) is 10.7. The minimum Gasteiger partial charge on any atom is -0.275 e. The molecule has 0 fully saturated rings. The van der Waals surface area contributed by atoms with Gasteiger partial charge in [-0.25, -0.2) is 5.06 Å². The molecule has 0 N–H and O–H groups in total. The minimum absolute atomic E-state index is 0.163. The van der Waals surface area contributed by atoms with Gasteiger partial charge in [-0.3, -0.25) is 9.63 Å². The molecule has 0 saturated heterocycles. The quantitative estimate of drug-likeness (QED) is 0.576. The summed E-state index contributed by atoms with van der Waals surface area (Å²) in [5.74, 6) is 5.80. The van der Waals surface area contributed by atoms with E-state index < -0.39 is 5.41 Å². The molecular weight excluding hydrogens is 214 g/mol. The van der Waals surface area contributed by atoms with E-state index in [4.69, 9.17) is 4.84 Å². The highest BCUT2D eigenvalue weighted by Crippen LogP contribution is 2.17. The molecule has 3 heteroatoms. The molecular formula is C14H17NO2. The van der Waals surface area contributed by atoms with Gasteiger partial charge in [0.25, 0.3) is 5.91 Å². The van der Waals surface area contributed by atoms with Crippen molar-refractivity contribution in [2.45, 2.75) is 13.8 Å². The Balaban J connectivity index is 2.87. The summed E-state index contributed by atoms with van der Waals surface area (Å²) in [6.45, 7) is 3.56. The summed E-state index contributed by atoms with van der Waals surface area (Å²) in [4.78, 5) is 16.8. The first kappa shape index (κ1) is 13.3. The standard InChI is InChI=1S/C14H17NO2/c1-14(2,13(16)15(3)17-4)11-10-12-8-6-5-7-9-12/h5-9H,1-4H3. The molecule has 0 bridgehead atoms. The molecule has 1 aromatic rings. The molecule has 0 aliphatic carbocycles. The number of carbonyl (C=O) groups excluding carboxylic acids is 1. The van der Waals surface area contributed by atoms with E-state index in [1.807, 2.05) is 30.3 Å². The minimum atomic E-state index is -0.763. The van der Waals surface area contributed by atoms with Gasteiger partial charge in [-0.15, -0.1) is 0 Å². The Labute approximate surface area is 102 Å². The van der Waals surface area contributed by atoms with Gasteiger partial charge in [-0.05, 0) is 26.0 Å². The summed E-state index contributed by atoms with van der Waals surface area (Å²) >= 11 is 0. The maximum Gasteiger partial charge on any atom is 0.263 e. The van der Waals surface area contributed by atoms with Crippen molar-refractivity contribution < 1.29 is 9.63 Å². The normalized spacial score (nSPS) is 10.4. The van der Waals surface area contributed by atoms with Crippen molar-refractivity contribution in [3.05, 3.63) is 35.9 Å². The zero-order chi connectivity index (χ0) is 12.9. The molecule has 1 aromatic carbocycles. The number of benzene rings is 1. The molecule has 0 saturated carbocycles. The van der Waals surface area contributed by atoms with Crippen LogP contribution in [0.2, 0.25) is 0 Å². The van der Waals surface area contributed by atoms with Crippen LogP contribution in [0.4, 0.5) is 0 Å². The van der Waals surface area contributed by atoms with Gasteiger partial charge in [0.1, 0.15) is 5.41 Å². The van der Waals surface area contributed by atoms with E-state index in [0.717, 1.165) is 5.56 Å². The lowest BCUT2D eigenvalue weighted by molar-refractivity contribution is -0.175. The maximum absolute atomic E-state index is 11.9. The molecule has 17 heavy (non-hydrogen) atoms. The molecule has 0 unspecified atom stereocenters. The molecule has 0 radical (unpaired) electrons. The third-order valence-electron chi connectivity index (χ3n) is 2.39. The predicted molar refractivity (Wildman–Crippen MR) is 66.9 cm³/mol. The van der Waals surface area contributed by atoms with E-state index in [9.17, 15) is 4.79 Å². The van der Waals surface area contributed by atoms with Gasteiger partial charge < -0.3 is 0 Å². The van der Waals surface area contributed by atoms with E-state index in [1.165, 1.54) is 12.2 Å². The van der Waals surface area contributed by atoms with Crippen LogP contribution in [-0.4, -0.2) is 25.1 Å². The van der Waals surface area contributed by atoms with E-state index in [-0.39, 0.29) is 5.91 Å². The van der Waals surface area contributed by atoms with Gasteiger partial charge in [-0.1, -0.05) is 30.0 Å². The van der Waals surface area contributed by atoms with Crippen LogP contribution in [0.5, 0.6) is 0 Å². The zero-order valence-corrected chi connectivity index (χ0v) is 10.7. The van der Waals surface area contributed by atoms with Gasteiger partial charge in [-0.2, -0.15) is 0 Å². The lowest BCUT2D eigenvalue weighted by atomic mass is 9.92. The Kier molecular flexibility index (Phi) is 4.30. The van der Waals surface area contributed by atoms with Gasteiger partial charge in [0, 0.05) is 12.6 Å². The van der Waals surface area contributed by atoms with Crippen molar-refractivity contribution in [1.29, 1.82) is 0 Å². The Morgan fingerprint density at radius 1 is 1.29 bits per heavy atom. The first-order chi connectivity index (χ1) is 7.97. The summed E-state index contributed by atoms with van der Waals surface area (Å²) in [5, 5.41) is 1.19. The Bertz CT molecular complexity index is 440. The maximum atomic E-state index is 11.9. The fourth-order valence-corrected chi connectivity index (χ4v) is 1.28. The molecule has 0 spiro atoms. The lowest BCUT2D eigenvalue weighted by Crippen LogP contribution is -2.36. The highest BCUT2D eigenvalue weighted by molar-refractivity contribution is 5.84. The molecule has 0 atom stereocenters. The summed E-state index contributed by atoms with van der Waals surface area (Å²) < 4.78 is 0. The van der Waals surface area contributed by atoms with Gasteiger partial charge in [0.15, 0.2) is 0 Å². The molecule has 3 nitrogen and oxygen atoms in total. The number of hydroxylamine groups is 2. The second-order valence-corrected chi connectivity index (χ2v) is 4.23. The van der Waals surface area contributed by atoms with Crippen LogP contribution in [0.15, 0.2) is 30.3 Å². The monoisotopic (exact) mass is 231 g/mol. The topological polar surface area (TPSA) is 29.5 Å². The number of carbonyl (C=O) groups is 1. The fourth-order valence-electron chi connectivity index (χ4n) is 1.28. The van der Waals surface area contributed by atoms with E-state index >= 15 is 0 Å². The molecule has 1 amide bonds. The summed E-state index contributed by atoms with van der Waals surface area (Å²) in [5.41, 5.74) is 0.133. The Morgan fingerprint density at radius 3 is 2.41 bits per heavy atom. The number of amides is 1. The second-order valence-electron chi connectivity index (χ2n) is 4.23. The number of rotatable bonds is 2. The fraction of sp³-hybridized carbons (Fsp3) is 0.357. The number of hydrogen-bond donors (Lipinski definition) is 0. The first-order valence-corrected chi connectivity index (χ1v) is 5.38. The molecule has 0 aliphatic rings. The molecule has 0 aromatic heterocycles. The smallest absolute Gasteiger partial charge is 0.263 e. The highest BCUT2D eigenvalue weighted by Gasteiger charge is 2.28. The Morgan fingerprint density at radius 2 is 1.88 bits per heavy atom. The van der Waals surface area contributed by atoms with Crippen LogP contribution in [0.25, 0.3) is 0 Å². The predicted octanol–water partition coefficient (Wildman–Crippen LogP) is 2.08. The number of nitrogens with zero attached hydrogens (tertiary/aromatic N) is 1. The van der Waals surface area contributed by atoms with Crippen LogP contribution in [0.3, 0.4) is 0 Å². The largest absolute Gasteiger partial charge is 0.275 e. The molecule has 90 valence electrons. The summed E-state index contributed by atoms with van der Waals surface area (Å²) in [7, 11) is 3.03. The lowest BCUT2D eigenvalue weighted by Gasteiger charge is -2.22. The van der Waals surface area contributed by atoms with Crippen molar-refractivity contribution in [1.82, 2.24) is 5.06 Å². The first-order valence-electron chi connectivity index (χ1n) is 5.38. The van der Waals surface area contributed by atoms with Crippen LogP contribution in [-0.2, 0) is 9.63 Å². The van der Waals surface area contributed by atoms with Crippen LogP contribution < -0.4 is 0 Å². The third kappa shape index (κ3) is 3.61. The van der Waals surface area contributed by atoms with E-state index in [1.54, 1.807) is 20.9 Å². The van der Waals surface area contributed by atoms with Crippen LogP contribution in [0.1, 0.15) is 19.4 Å². The van der Waals surface area contributed by atoms with Crippen LogP contribution >= 0.6 is 0 Å². The van der Waals surface area contributed by atoms with E-state index in [0.29, 0.717) is 0 Å². The second kappa shape index (κ2) is 5.51. The van der Waals surface area contributed by atoms with Crippen molar-refractivity contribution in [2.75, 3.05) is 14.2 Å². The van der Waals surface area contributed by atoms with Crippen molar-refractivity contribution in [2.24, 2.45) is 5.41 Å². The third-order valence-corrected chi connectivity index (χ3v) is 2.39. The van der Waals surface area contributed by atoms with E-state index in [2.05, 4.69) is 11.8 Å². The highest BCUT2D eigenvalue weighted by atomic mass is 16.7. The molecule has 0 aliphatic heterocycles. The van der Waals surface area contributed by atoms with Gasteiger partial charge in [0.2, 0.25) is 0 Å². The van der Waals surface area contributed by atoms with Crippen molar-refractivity contribution in [3.63, 3.8) is 0 Å². The summed E-state index contributed by atoms with van der Waals surface area (Å²) in [6.07, 6.45) is 0.